The van der Waals surface area contributed by atoms with Gasteiger partial charge in [0, 0.05) is 11.1 Å². The first-order chi connectivity index (χ1) is 24.9. The van der Waals surface area contributed by atoms with Gasteiger partial charge in [-0.3, -0.25) is 14.5 Å². The fourth-order valence-corrected chi connectivity index (χ4v) is 8.13. The molecular weight excluding hydrogens is 703 g/mol. The molecule has 6 rings (SSSR count). The summed E-state index contributed by atoms with van der Waals surface area (Å²) in [6.07, 6.45) is 0. The molecule has 52 heavy (non-hydrogen) atoms. The number of carboxylic acids is 1. The minimum Gasteiger partial charge on any atom is -0.477 e. The lowest BCUT2D eigenvalue weighted by atomic mass is 9.77. The summed E-state index contributed by atoms with van der Waals surface area (Å²) in [6.45, 7) is 6.22. The van der Waals surface area contributed by atoms with Crippen molar-refractivity contribution in [2.75, 3.05) is 17.7 Å². The van der Waals surface area contributed by atoms with Crippen LogP contribution in [0.5, 0.6) is 0 Å². The van der Waals surface area contributed by atoms with Gasteiger partial charge in [0.2, 0.25) is 6.61 Å². The lowest BCUT2D eigenvalue weighted by Gasteiger charge is -2.49. The molecule has 2 aliphatic heterocycles. The van der Waals surface area contributed by atoms with Crippen LogP contribution in [0.2, 0.25) is 0 Å². The summed E-state index contributed by atoms with van der Waals surface area (Å²) in [5, 5.41) is 21.6. The van der Waals surface area contributed by atoms with Gasteiger partial charge in [-0.2, -0.15) is 0 Å². The molecule has 268 valence electrons. The lowest BCUT2D eigenvalue weighted by molar-refractivity contribution is -0.160. The summed E-state index contributed by atoms with van der Waals surface area (Å²) in [6, 6.07) is 28.8. The Labute approximate surface area is 308 Å². The number of benzene rings is 3. The van der Waals surface area contributed by atoms with Gasteiger partial charge in [0.15, 0.2) is 10.8 Å². The Morgan fingerprint density at radius 2 is 1.50 bits per heavy atom. The van der Waals surface area contributed by atoms with Gasteiger partial charge in [0.05, 0.1) is 0 Å². The molecule has 0 spiro atoms. The topological polar surface area (TPSA) is 160 Å². The highest BCUT2D eigenvalue weighted by Crippen LogP contribution is 2.42. The number of esters is 1. The van der Waals surface area contributed by atoms with E-state index in [2.05, 4.69) is 15.8 Å². The molecular formula is C38H37N5O7S2. The Morgan fingerprint density at radius 3 is 2.02 bits per heavy atom. The molecule has 14 heteroatoms. The van der Waals surface area contributed by atoms with E-state index in [1.54, 1.807) is 33.1 Å². The molecule has 0 bridgehead atoms. The third kappa shape index (κ3) is 7.44. The van der Waals surface area contributed by atoms with Crippen LogP contribution < -0.4 is 10.6 Å². The molecule has 0 radical (unpaired) electrons. The quantitative estimate of drug-likeness (QED) is 0.0567. The number of hydrogen-bond donors (Lipinski definition) is 3. The second kappa shape index (κ2) is 15.0. The summed E-state index contributed by atoms with van der Waals surface area (Å²) >= 11 is 2.58. The van der Waals surface area contributed by atoms with Gasteiger partial charge >= 0.3 is 11.9 Å². The molecule has 1 aromatic heterocycles. The molecule has 1 saturated heterocycles. The summed E-state index contributed by atoms with van der Waals surface area (Å²) < 4.78 is 5.31. The third-order valence-corrected chi connectivity index (χ3v) is 10.5. The Bertz CT molecular complexity index is 1930. The van der Waals surface area contributed by atoms with E-state index in [1.807, 2.05) is 91.0 Å². The van der Waals surface area contributed by atoms with Gasteiger partial charge < -0.3 is 25.3 Å². The number of carbonyl (C=O) groups is 4. The van der Waals surface area contributed by atoms with E-state index in [9.17, 15) is 24.3 Å². The summed E-state index contributed by atoms with van der Waals surface area (Å²) in [4.78, 5) is 62.7. The Hall–Kier alpha value is -5.47. The van der Waals surface area contributed by atoms with Crippen LogP contribution in [-0.4, -0.2) is 73.8 Å². The van der Waals surface area contributed by atoms with E-state index in [0.29, 0.717) is 16.5 Å². The van der Waals surface area contributed by atoms with Gasteiger partial charge in [-0.05, 0) is 50.0 Å². The van der Waals surface area contributed by atoms with Crippen molar-refractivity contribution in [2.45, 2.75) is 50.3 Å². The summed E-state index contributed by atoms with van der Waals surface area (Å²) in [5.74, 6) is -2.87. The second-order valence-electron chi connectivity index (χ2n) is 13.1. The van der Waals surface area contributed by atoms with Gasteiger partial charge in [-0.1, -0.05) is 96.2 Å². The van der Waals surface area contributed by atoms with Crippen LogP contribution in [0.25, 0.3) is 0 Å². The first-order valence-corrected chi connectivity index (χ1v) is 18.3. The number of nitrogens with zero attached hydrogens (tertiary/aromatic N) is 3. The zero-order chi connectivity index (χ0) is 37.0. The zero-order valence-electron chi connectivity index (χ0n) is 28.9. The van der Waals surface area contributed by atoms with Crippen molar-refractivity contribution in [1.82, 2.24) is 15.2 Å². The Kier molecular flexibility index (Phi) is 10.5. The Balaban J connectivity index is 1.34. The van der Waals surface area contributed by atoms with Crippen molar-refractivity contribution in [3.05, 3.63) is 130 Å². The van der Waals surface area contributed by atoms with Gasteiger partial charge in [-0.15, -0.1) is 23.1 Å². The molecule has 4 aromatic rings. The molecule has 12 nitrogen and oxygen atoms in total. The van der Waals surface area contributed by atoms with Gasteiger partial charge in [0.25, 0.3) is 11.8 Å². The number of rotatable bonds is 12. The van der Waals surface area contributed by atoms with Crippen LogP contribution in [0.1, 0.15) is 50.1 Å². The molecule has 3 heterocycles. The van der Waals surface area contributed by atoms with Gasteiger partial charge in [-0.25, -0.2) is 14.6 Å². The number of aliphatic carboxylic acids is 1. The third-order valence-electron chi connectivity index (χ3n) is 8.28. The predicted octanol–water partition coefficient (Wildman–Crippen LogP) is 5.37. The minimum absolute atomic E-state index is 0.0808. The highest BCUT2D eigenvalue weighted by Gasteiger charge is 2.54. The van der Waals surface area contributed by atoms with Crippen molar-refractivity contribution in [3.8, 4) is 0 Å². The molecule has 2 amide bonds. The lowest BCUT2D eigenvalue weighted by Crippen LogP contribution is -2.71. The van der Waals surface area contributed by atoms with Crippen molar-refractivity contribution >= 4 is 57.7 Å². The maximum atomic E-state index is 13.9. The predicted molar refractivity (Wildman–Crippen MR) is 199 cm³/mol. The number of nitrogens with one attached hydrogen (secondary N) is 2. The maximum absolute atomic E-state index is 13.9. The Morgan fingerprint density at radius 1 is 0.942 bits per heavy atom. The van der Waals surface area contributed by atoms with E-state index in [-0.39, 0.29) is 17.1 Å². The number of oxime groups is 1. The minimum atomic E-state index is -1.21. The molecule has 2 aliphatic rings. The smallest absolute Gasteiger partial charge is 0.352 e. The van der Waals surface area contributed by atoms with Crippen LogP contribution in [0, 0.1) is 0 Å². The molecule has 0 aliphatic carbocycles. The van der Waals surface area contributed by atoms with E-state index in [1.165, 1.54) is 28.0 Å². The SMILES string of the molecule is CC1=C(C(=O)O)N2C(=O)C(NC(=O)C(=NOCC(=O)OC(C)(C)C)c3csc(NC(c4ccccc4)(c4ccccc4)c4ccccc4)n3)[C@H]2SC1. The van der Waals surface area contributed by atoms with E-state index >= 15 is 0 Å². The van der Waals surface area contributed by atoms with E-state index in [0.717, 1.165) is 16.7 Å². The summed E-state index contributed by atoms with van der Waals surface area (Å²) in [7, 11) is 0. The van der Waals surface area contributed by atoms with Crippen LogP contribution in [0.3, 0.4) is 0 Å². The number of ether oxygens (including phenoxy) is 1. The molecule has 2 atom stereocenters. The molecule has 0 saturated carbocycles. The zero-order valence-corrected chi connectivity index (χ0v) is 30.5. The number of carboxylic acid groups (broad SMARTS) is 1. The standard InChI is InChI=1S/C38H37N5O7S2/c1-23-21-51-34-30(33(46)43(34)31(23)35(47)48)40-32(45)29(42-49-20-28(44)50-37(2,3)4)27-22-52-36(39-27)41-38(24-14-8-5-9-15-24,25-16-10-6-11-17-25)26-18-12-7-13-19-26/h5-19,22,30,34H,20-21H2,1-4H3,(H,39,41)(H,40,45)(H,47,48)/t30?,34-/m1/s1. The van der Waals surface area contributed by atoms with Crippen molar-refractivity contribution in [2.24, 2.45) is 5.16 Å². The fraction of sp³-hybridized carbons (Fsp3) is 0.263. The number of thiazole rings is 1. The first kappa shape index (κ1) is 36.3. The number of β-lactam (4-membered cyclic amide) rings is 1. The van der Waals surface area contributed by atoms with Crippen LogP contribution in [-0.2, 0) is 34.3 Å². The number of amides is 2. The highest BCUT2D eigenvalue weighted by molar-refractivity contribution is 8.00. The number of fused-ring (bicyclic) bond motifs is 1. The molecule has 1 unspecified atom stereocenters. The second-order valence-corrected chi connectivity index (χ2v) is 15.1. The number of carbonyl (C=O) groups excluding carboxylic acids is 3. The highest BCUT2D eigenvalue weighted by atomic mass is 32.2. The van der Waals surface area contributed by atoms with Crippen molar-refractivity contribution in [1.29, 1.82) is 0 Å². The number of aromatic nitrogens is 1. The normalized spacial score (nSPS) is 17.5. The van der Waals surface area contributed by atoms with Crippen LogP contribution in [0.15, 0.2) is 113 Å². The molecule has 3 aromatic carbocycles. The van der Waals surface area contributed by atoms with Crippen molar-refractivity contribution in [3.63, 3.8) is 0 Å². The number of anilines is 1. The number of hydrogen-bond acceptors (Lipinski definition) is 11. The first-order valence-electron chi connectivity index (χ1n) is 16.4. The van der Waals surface area contributed by atoms with Crippen LogP contribution in [0.4, 0.5) is 5.13 Å². The number of thioether (sulfide) groups is 1. The molecule has 1 fully saturated rings. The fourth-order valence-electron chi connectivity index (χ4n) is 6.09. The average Bonchev–Trinajstić information content (AvgIpc) is 3.59. The monoisotopic (exact) mass is 739 g/mol. The molecule has 3 N–H and O–H groups in total. The van der Waals surface area contributed by atoms with Crippen LogP contribution >= 0.6 is 23.1 Å². The van der Waals surface area contributed by atoms with Crippen molar-refractivity contribution < 1.29 is 33.9 Å². The summed E-state index contributed by atoms with van der Waals surface area (Å²) in [5.41, 5.74) is 1.48. The maximum Gasteiger partial charge on any atom is 0.352 e. The van der Waals surface area contributed by atoms with E-state index < -0.39 is 52.9 Å². The van der Waals surface area contributed by atoms with Gasteiger partial charge in [0.1, 0.15) is 33.9 Å². The largest absolute Gasteiger partial charge is 0.477 e. The van der Waals surface area contributed by atoms with E-state index in [4.69, 9.17) is 14.6 Å². The average molecular weight is 740 g/mol.